The van der Waals surface area contributed by atoms with Crippen molar-refractivity contribution in [3.63, 3.8) is 0 Å². The Labute approximate surface area is 123 Å². The van der Waals surface area contributed by atoms with Crippen LogP contribution in [-0.2, 0) is 13.2 Å². The molecule has 2 rings (SSSR count). The summed E-state index contributed by atoms with van der Waals surface area (Å²) in [4.78, 5) is 10.2. The smallest absolute Gasteiger partial charge is 0.229 e. The number of hydrogen-bond donors (Lipinski definition) is 0. The lowest BCUT2D eigenvalue weighted by Crippen LogP contribution is -2.02. The summed E-state index contributed by atoms with van der Waals surface area (Å²) >= 11 is 0. The number of ether oxygens (including phenoxy) is 2. The summed E-state index contributed by atoms with van der Waals surface area (Å²) in [6, 6.07) is 14.8. The molecule has 0 saturated carbocycles. The van der Waals surface area contributed by atoms with Crippen LogP contribution in [0.4, 0.5) is 0 Å². The van der Waals surface area contributed by atoms with E-state index in [1.165, 1.54) is 0 Å². The maximum absolute atomic E-state index is 10.6. The van der Waals surface area contributed by atoms with Gasteiger partial charge >= 0.3 is 0 Å². The molecule has 0 aliphatic carbocycles. The molecule has 0 aliphatic heterocycles. The Morgan fingerprint density at radius 1 is 1.00 bits per heavy atom. The first-order valence-electron chi connectivity index (χ1n) is 6.73. The minimum atomic E-state index is -0.366. The molecular weight excluding hydrogens is 270 g/mol. The normalized spacial score (nSPS) is 10.1. The SMILES string of the molecule is CCOc1cc(C[N+](=O)[O-])ccc1OCc1ccccc1. The highest BCUT2D eigenvalue weighted by atomic mass is 16.6. The molecule has 5 heteroatoms. The van der Waals surface area contributed by atoms with Crippen LogP contribution in [0.2, 0.25) is 0 Å². The number of hydrogen-bond acceptors (Lipinski definition) is 4. The molecule has 0 amide bonds. The van der Waals surface area contributed by atoms with Gasteiger partial charge in [-0.1, -0.05) is 30.3 Å². The number of benzene rings is 2. The van der Waals surface area contributed by atoms with E-state index in [9.17, 15) is 10.1 Å². The van der Waals surface area contributed by atoms with Gasteiger partial charge in [0, 0.05) is 10.5 Å². The van der Waals surface area contributed by atoms with E-state index in [0.717, 1.165) is 5.56 Å². The third-order valence-electron chi connectivity index (χ3n) is 2.86. The van der Waals surface area contributed by atoms with Crippen molar-refractivity contribution in [1.82, 2.24) is 0 Å². The zero-order chi connectivity index (χ0) is 15.1. The molecule has 0 aromatic heterocycles. The lowest BCUT2D eigenvalue weighted by Gasteiger charge is -2.12. The molecular formula is C16H17NO4. The molecule has 0 heterocycles. The average Bonchev–Trinajstić information content (AvgIpc) is 2.47. The Balaban J connectivity index is 2.12. The molecule has 2 aromatic rings. The summed E-state index contributed by atoms with van der Waals surface area (Å²) < 4.78 is 11.2. The maximum Gasteiger partial charge on any atom is 0.229 e. The summed E-state index contributed by atoms with van der Waals surface area (Å²) in [5, 5.41) is 10.6. The highest BCUT2D eigenvalue weighted by Crippen LogP contribution is 2.29. The average molecular weight is 287 g/mol. The Morgan fingerprint density at radius 3 is 2.43 bits per heavy atom. The molecule has 110 valence electrons. The predicted molar refractivity (Wildman–Crippen MR) is 79.1 cm³/mol. The summed E-state index contributed by atoms with van der Waals surface area (Å²) in [5.41, 5.74) is 1.64. The van der Waals surface area contributed by atoms with Crippen LogP contribution in [0.1, 0.15) is 18.1 Å². The van der Waals surface area contributed by atoms with Crippen molar-refractivity contribution in [2.24, 2.45) is 0 Å². The summed E-state index contributed by atoms with van der Waals surface area (Å²) in [6.45, 7) is 2.54. The van der Waals surface area contributed by atoms with Gasteiger partial charge in [-0.05, 0) is 30.7 Å². The van der Waals surface area contributed by atoms with Crippen LogP contribution in [0, 0.1) is 10.1 Å². The minimum absolute atomic E-state index is 0.223. The molecule has 0 bridgehead atoms. The number of nitrogens with zero attached hydrogens (tertiary/aromatic N) is 1. The lowest BCUT2D eigenvalue weighted by atomic mass is 10.2. The minimum Gasteiger partial charge on any atom is -0.490 e. The largest absolute Gasteiger partial charge is 0.490 e. The van der Waals surface area contributed by atoms with E-state index in [-0.39, 0.29) is 11.5 Å². The molecule has 0 spiro atoms. The first kappa shape index (κ1) is 14.8. The van der Waals surface area contributed by atoms with E-state index in [1.54, 1.807) is 18.2 Å². The van der Waals surface area contributed by atoms with Crippen molar-refractivity contribution in [3.05, 3.63) is 69.8 Å². The maximum atomic E-state index is 10.6. The van der Waals surface area contributed by atoms with Gasteiger partial charge in [-0.25, -0.2) is 0 Å². The van der Waals surface area contributed by atoms with Crippen LogP contribution < -0.4 is 9.47 Å². The van der Waals surface area contributed by atoms with Gasteiger partial charge in [-0.2, -0.15) is 0 Å². The summed E-state index contributed by atoms with van der Waals surface area (Å²) in [5.74, 6) is 1.13. The van der Waals surface area contributed by atoms with Gasteiger partial charge < -0.3 is 9.47 Å². The third kappa shape index (κ3) is 4.49. The van der Waals surface area contributed by atoms with E-state index in [1.807, 2.05) is 37.3 Å². The molecule has 0 N–H and O–H groups in total. The molecule has 0 unspecified atom stereocenters. The van der Waals surface area contributed by atoms with Crippen LogP contribution in [0.25, 0.3) is 0 Å². The fourth-order valence-electron chi connectivity index (χ4n) is 1.92. The van der Waals surface area contributed by atoms with E-state index in [0.29, 0.717) is 30.3 Å². The monoisotopic (exact) mass is 287 g/mol. The van der Waals surface area contributed by atoms with Crippen molar-refractivity contribution in [2.75, 3.05) is 6.61 Å². The van der Waals surface area contributed by atoms with Crippen LogP contribution in [-0.4, -0.2) is 11.5 Å². The van der Waals surface area contributed by atoms with Gasteiger partial charge in [-0.3, -0.25) is 10.1 Å². The van der Waals surface area contributed by atoms with Crippen molar-refractivity contribution < 1.29 is 14.4 Å². The highest BCUT2D eigenvalue weighted by Gasteiger charge is 2.10. The van der Waals surface area contributed by atoms with Crippen LogP contribution >= 0.6 is 0 Å². The van der Waals surface area contributed by atoms with Gasteiger partial charge in [0.2, 0.25) is 6.54 Å². The summed E-state index contributed by atoms with van der Waals surface area (Å²) in [7, 11) is 0. The Morgan fingerprint density at radius 2 is 1.76 bits per heavy atom. The molecule has 0 saturated heterocycles. The van der Waals surface area contributed by atoms with Crippen LogP contribution in [0.3, 0.4) is 0 Å². The zero-order valence-corrected chi connectivity index (χ0v) is 11.8. The second-order valence-corrected chi connectivity index (χ2v) is 4.48. The van der Waals surface area contributed by atoms with Crippen molar-refractivity contribution >= 4 is 0 Å². The fourth-order valence-corrected chi connectivity index (χ4v) is 1.92. The second-order valence-electron chi connectivity index (χ2n) is 4.48. The predicted octanol–water partition coefficient (Wildman–Crippen LogP) is 3.44. The molecule has 5 nitrogen and oxygen atoms in total. The molecule has 0 radical (unpaired) electrons. The van der Waals surface area contributed by atoms with Crippen molar-refractivity contribution in [2.45, 2.75) is 20.1 Å². The van der Waals surface area contributed by atoms with E-state index in [2.05, 4.69) is 0 Å². The van der Waals surface area contributed by atoms with E-state index < -0.39 is 0 Å². The highest BCUT2D eigenvalue weighted by molar-refractivity contribution is 5.43. The first-order valence-corrected chi connectivity index (χ1v) is 6.73. The van der Waals surface area contributed by atoms with Gasteiger partial charge in [0.1, 0.15) is 6.61 Å². The van der Waals surface area contributed by atoms with E-state index >= 15 is 0 Å². The van der Waals surface area contributed by atoms with Crippen molar-refractivity contribution in [3.8, 4) is 11.5 Å². The Hall–Kier alpha value is -2.56. The van der Waals surface area contributed by atoms with Gasteiger partial charge in [-0.15, -0.1) is 0 Å². The Bertz CT molecular complexity index is 598. The van der Waals surface area contributed by atoms with Gasteiger partial charge in [0.05, 0.1) is 6.61 Å². The summed E-state index contributed by atoms with van der Waals surface area (Å²) in [6.07, 6.45) is 0. The third-order valence-corrected chi connectivity index (χ3v) is 2.86. The molecule has 0 fully saturated rings. The Kier molecular flexibility index (Phi) is 5.15. The number of nitro groups is 1. The second kappa shape index (κ2) is 7.28. The van der Waals surface area contributed by atoms with Gasteiger partial charge in [0.25, 0.3) is 0 Å². The van der Waals surface area contributed by atoms with Crippen LogP contribution in [0.15, 0.2) is 48.5 Å². The molecule has 2 aromatic carbocycles. The molecule has 0 atom stereocenters. The first-order chi connectivity index (χ1) is 10.2. The quantitative estimate of drug-likeness (QED) is 0.578. The number of rotatable bonds is 7. The van der Waals surface area contributed by atoms with Gasteiger partial charge in [0.15, 0.2) is 11.5 Å². The standard InChI is InChI=1S/C16H17NO4/c1-2-20-16-10-14(11-17(18)19)8-9-15(16)21-12-13-6-4-3-5-7-13/h3-10H,2,11-12H2,1H3. The topological polar surface area (TPSA) is 61.6 Å². The lowest BCUT2D eigenvalue weighted by molar-refractivity contribution is -0.496. The molecule has 21 heavy (non-hydrogen) atoms. The van der Waals surface area contributed by atoms with E-state index in [4.69, 9.17) is 9.47 Å². The van der Waals surface area contributed by atoms with Crippen LogP contribution in [0.5, 0.6) is 11.5 Å². The molecule has 0 aliphatic rings. The zero-order valence-electron chi connectivity index (χ0n) is 11.8. The fraction of sp³-hybridized carbons (Fsp3) is 0.250. The van der Waals surface area contributed by atoms with Crippen molar-refractivity contribution in [1.29, 1.82) is 0 Å².